The van der Waals surface area contributed by atoms with Gasteiger partial charge in [-0.1, -0.05) is 39.0 Å². The Balaban J connectivity index is 2.14. The van der Waals surface area contributed by atoms with Gasteiger partial charge in [0.15, 0.2) is 0 Å². The molecule has 1 heterocycles. The van der Waals surface area contributed by atoms with Crippen molar-refractivity contribution in [2.75, 3.05) is 18.1 Å². The lowest BCUT2D eigenvalue weighted by Gasteiger charge is -2.20. The maximum absolute atomic E-state index is 3.73. The van der Waals surface area contributed by atoms with Crippen LogP contribution in [0.4, 0.5) is 0 Å². The SMILES string of the molecule is CCCNC(CSCC(C)C)c1cccc2ccsc12. The highest BCUT2D eigenvalue weighted by molar-refractivity contribution is 7.99. The van der Waals surface area contributed by atoms with Crippen LogP contribution in [0, 0.1) is 5.92 Å². The highest BCUT2D eigenvalue weighted by Gasteiger charge is 2.14. The molecule has 0 bridgehead atoms. The van der Waals surface area contributed by atoms with Crippen molar-refractivity contribution >= 4 is 33.2 Å². The Morgan fingerprint density at radius 3 is 2.80 bits per heavy atom. The lowest BCUT2D eigenvalue weighted by Crippen LogP contribution is -2.24. The van der Waals surface area contributed by atoms with E-state index in [-0.39, 0.29) is 0 Å². The largest absolute Gasteiger partial charge is 0.309 e. The summed E-state index contributed by atoms with van der Waals surface area (Å²) >= 11 is 3.93. The van der Waals surface area contributed by atoms with Gasteiger partial charge in [0.1, 0.15) is 0 Å². The number of rotatable bonds is 8. The maximum atomic E-state index is 3.73. The summed E-state index contributed by atoms with van der Waals surface area (Å²) < 4.78 is 1.45. The quantitative estimate of drug-likeness (QED) is 0.707. The minimum absolute atomic E-state index is 0.473. The lowest BCUT2D eigenvalue weighted by atomic mass is 10.1. The molecule has 0 aliphatic carbocycles. The van der Waals surface area contributed by atoms with E-state index in [4.69, 9.17) is 0 Å². The summed E-state index contributed by atoms with van der Waals surface area (Å²) in [7, 11) is 0. The Hall–Kier alpha value is -0.510. The summed E-state index contributed by atoms with van der Waals surface area (Å²) in [6.07, 6.45) is 1.19. The molecule has 1 aromatic heterocycles. The molecule has 2 aromatic rings. The number of hydrogen-bond donors (Lipinski definition) is 1. The van der Waals surface area contributed by atoms with Crippen LogP contribution in [0.25, 0.3) is 10.1 Å². The molecule has 0 saturated carbocycles. The molecular formula is C17H25NS2. The van der Waals surface area contributed by atoms with E-state index in [2.05, 4.69) is 67.5 Å². The first-order valence-corrected chi connectivity index (χ1v) is 9.53. The van der Waals surface area contributed by atoms with Crippen molar-refractivity contribution < 1.29 is 0 Å². The van der Waals surface area contributed by atoms with Crippen LogP contribution >= 0.6 is 23.1 Å². The predicted octanol–water partition coefficient (Wildman–Crippen LogP) is 5.33. The molecule has 0 aliphatic rings. The topological polar surface area (TPSA) is 12.0 Å². The molecule has 1 atom stereocenters. The van der Waals surface area contributed by atoms with Crippen LogP contribution in [0.1, 0.15) is 38.8 Å². The van der Waals surface area contributed by atoms with Gasteiger partial charge in [-0.2, -0.15) is 11.8 Å². The van der Waals surface area contributed by atoms with Crippen molar-refractivity contribution in [3.63, 3.8) is 0 Å². The van der Waals surface area contributed by atoms with Gasteiger partial charge >= 0.3 is 0 Å². The predicted molar refractivity (Wildman–Crippen MR) is 95.0 cm³/mol. The van der Waals surface area contributed by atoms with Crippen molar-refractivity contribution in [1.29, 1.82) is 0 Å². The second-order valence-electron chi connectivity index (χ2n) is 5.62. The van der Waals surface area contributed by atoms with Crippen LogP contribution in [0.5, 0.6) is 0 Å². The fraction of sp³-hybridized carbons (Fsp3) is 0.529. The monoisotopic (exact) mass is 307 g/mol. The van der Waals surface area contributed by atoms with Gasteiger partial charge in [-0.25, -0.2) is 0 Å². The Morgan fingerprint density at radius 1 is 1.20 bits per heavy atom. The molecule has 0 spiro atoms. The lowest BCUT2D eigenvalue weighted by molar-refractivity contribution is 0.580. The third-order valence-corrected chi connectivity index (χ3v) is 5.71. The first-order valence-electron chi connectivity index (χ1n) is 7.49. The number of benzene rings is 1. The molecule has 1 nitrogen and oxygen atoms in total. The highest BCUT2D eigenvalue weighted by atomic mass is 32.2. The van der Waals surface area contributed by atoms with Crippen LogP contribution < -0.4 is 5.32 Å². The van der Waals surface area contributed by atoms with Crippen molar-refractivity contribution in [2.24, 2.45) is 5.92 Å². The molecular weight excluding hydrogens is 282 g/mol. The van der Waals surface area contributed by atoms with Gasteiger partial charge in [-0.3, -0.25) is 0 Å². The van der Waals surface area contributed by atoms with Crippen molar-refractivity contribution in [2.45, 2.75) is 33.2 Å². The van der Waals surface area contributed by atoms with E-state index in [1.807, 2.05) is 11.3 Å². The van der Waals surface area contributed by atoms with Crippen LogP contribution in [-0.4, -0.2) is 18.1 Å². The van der Waals surface area contributed by atoms with E-state index in [0.29, 0.717) is 6.04 Å². The zero-order valence-corrected chi connectivity index (χ0v) is 14.3. The minimum Gasteiger partial charge on any atom is -0.309 e. The van der Waals surface area contributed by atoms with E-state index >= 15 is 0 Å². The molecule has 0 aliphatic heterocycles. The molecule has 0 saturated heterocycles. The van der Waals surface area contributed by atoms with Gasteiger partial charge < -0.3 is 5.32 Å². The summed E-state index contributed by atoms with van der Waals surface area (Å²) in [4.78, 5) is 0. The summed E-state index contributed by atoms with van der Waals surface area (Å²) in [6, 6.07) is 9.40. The van der Waals surface area contributed by atoms with Gasteiger partial charge in [-0.05, 0) is 47.0 Å². The molecule has 110 valence electrons. The highest BCUT2D eigenvalue weighted by Crippen LogP contribution is 2.31. The summed E-state index contributed by atoms with van der Waals surface area (Å²) in [6.45, 7) is 7.91. The Bertz CT molecular complexity index is 518. The minimum atomic E-state index is 0.473. The normalized spacial score (nSPS) is 13.2. The summed E-state index contributed by atoms with van der Waals surface area (Å²) in [5.41, 5.74) is 1.47. The van der Waals surface area contributed by atoms with Crippen molar-refractivity contribution in [3.8, 4) is 0 Å². The Morgan fingerprint density at radius 2 is 2.05 bits per heavy atom. The molecule has 2 rings (SSSR count). The van der Waals surface area contributed by atoms with Crippen LogP contribution in [0.15, 0.2) is 29.6 Å². The third kappa shape index (κ3) is 4.24. The fourth-order valence-corrected chi connectivity index (χ4v) is 4.40. The zero-order chi connectivity index (χ0) is 14.4. The van der Waals surface area contributed by atoms with Crippen molar-refractivity contribution in [1.82, 2.24) is 5.32 Å². The van der Waals surface area contributed by atoms with Crippen LogP contribution in [0.3, 0.4) is 0 Å². The molecule has 1 N–H and O–H groups in total. The van der Waals surface area contributed by atoms with Gasteiger partial charge in [-0.15, -0.1) is 11.3 Å². The third-order valence-electron chi connectivity index (χ3n) is 3.26. The Kier molecular flexibility index (Phi) is 6.40. The van der Waals surface area contributed by atoms with Gasteiger partial charge in [0.25, 0.3) is 0 Å². The Labute approximate surface area is 131 Å². The molecule has 0 radical (unpaired) electrons. The molecule has 1 unspecified atom stereocenters. The molecule has 3 heteroatoms. The number of fused-ring (bicyclic) bond motifs is 1. The van der Waals surface area contributed by atoms with Crippen LogP contribution in [0.2, 0.25) is 0 Å². The molecule has 0 fully saturated rings. The van der Waals surface area contributed by atoms with Crippen molar-refractivity contribution in [3.05, 3.63) is 35.2 Å². The second-order valence-corrected chi connectivity index (χ2v) is 7.62. The smallest absolute Gasteiger partial charge is 0.0426 e. The van der Waals surface area contributed by atoms with Gasteiger partial charge in [0.05, 0.1) is 0 Å². The average Bonchev–Trinajstić information content (AvgIpc) is 2.90. The fourth-order valence-electron chi connectivity index (χ4n) is 2.29. The molecule has 1 aromatic carbocycles. The second kappa shape index (κ2) is 8.06. The van der Waals surface area contributed by atoms with E-state index in [9.17, 15) is 0 Å². The number of thiophene rings is 1. The number of hydrogen-bond acceptors (Lipinski definition) is 3. The zero-order valence-electron chi connectivity index (χ0n) is 12.7. The summed E-state index contributed by atoms with van der Waals surface area (Å²) in [5, 5.41) is 7.31. The van der Waals surface area contributed by atoms with E-state index < -0.39 is 0 Å². The summed E-state index contributed by atoms with van der Waals surface area (Å²) in [5.74, 6) is 3.17. The molecule has 0 amide bonds. The van der Waals surface area contributed by atoms with E-state index in [1.54, 1.807) is 0 Å². The maximum Gasteiger partial charge on any atom is 0.0426 e. The first kappa shape index (κ1) is 15.9. The standard InChI is InChI=1S/C17H25NS2/c1-4-9-18-16(12-19-11-13(2)3)15-7-5-6-14-8-10-20-17(14)15/h5-8,10,13,16,18H,4,9,11-12H2,1-3H3. The first-order chi connectivity index (χ1) is 9.72. The molecule has 20 heavy (non-hydrogen) atoms. The van der Waals surface area contributed by atoms with Gasteiger partial charge in [0.2, 0.25) is 0 Å². The number of nitrogens with one attached hydrogen (secondary N) is 1. The average molecular weight is 308 g/mol. The van der Waals surface area contributed by atoms with Crippen LogP contribution in [-0.2, 0) is 0 Å². The van der Waals surface area contributed by atoms with E-state index in [0.717, 1.165) is 18.2 Å². The number of thioether (sulfide) groups is 1. The van der Waals surface area contributed by atoms with E-state index in [1.165, 1.54) is 27.8 Å². The van der Waals surface area contributed by atoms with Gasteiger partial charge in [0, 0.05) is 16.5 Å².